The zero-order valence-corrected chi connectivity index (χ0v) is 14.4. The van der Waals surface area contributed by atoms with Crippen molar-refractivity contribution in [3.05, 3.63) is 15.4 Å². The maximum atomic E-state index is 12.1. The zero-order valence-electron chi connectivity index (χ0n) is 13.6. The lowest BCUT2D eigenvalue weighted by Gasteiger charge is -2.13. The van der Waals surface area contributed by atoms with E-state index in [4.69, 9.17) is 4.74 Å². The molecule has 2 atom stereocenters. The number of nitrogens with zero attached hydrogens (tertiary/aromatic N) is 2. The molecule has 1 aromatic rings. The summed E-state index contributed by atoms with van der Waals surface area (Å²) in [6.45, 7) is 7.87. The average molecular weight is 323 g/mol. The molecule has 22 heavy (non-hydrogen) atoms. The topological polar surface area (TPSA) is 55.6 Å². The minimum Gasteiger partial charge on any atom is -0.376 e. The first-order chi connectivity index (χ1) is 10.5. The molecule has 2 amide bonds. The van der Waals surface area contributed by atoms with Gasteiger partial charge < -0.3 is 14.6 Å². The smallest absolute Gasteiger partial charge is 0.343 e. The first-order valence-electron chi connectivity index (χ1n) is 8.18. The van der Waals surface area contributed by atoms with Crippen LogP contribution in [0.5, 0.6) is 0 Å². The summed E-state index contributed by atoms with van der Waals surface area (Å²) in [7, 11) is 0. The van der Waals surface area contributed by atoms with Crippen LogP contribution in [0.1, 0.15) is 43.2 Å². The zero-order chi connectivity index (χ0) is 15.7. The minimum atomic E-state index is -0.221. The molecule has 0 bridgehead atoms. The lowest BCUT2D eigenvalue weighted by Crippen LogP contribution is -2.34. The minimum absolute atomic E-state index is 0.221. The van der Waals surface area contributed by atoms with Gasteiger partial charge in [-0.15, -0.1) is 11.3 Å². The number of aryl methyl sites for hydroxylation is 1. The van der Waals surface area contributed by atoms with Crippen LogP contribution in [0.3, 0.4) is 0 Å². The van der Waals surface area contributed by atoms with Crippen molar-refractivity contribution in [1.82, 2.24) is 9.88 Å². The Hall–Kier alpha value is -1.14. The van der Waals surface area contributed by atoms with Crippen molar-refractivity contribution >= 4 is 17.4 Å². The normalized spacial score (nSPS) is 23.8. The molecule has 6 heteroatoms. The van der Waals surface area contributed by atoms with Crippen LogP contribution in [-0.2, 0) is 11.3 Å². The molecule has 5 nitrogen and oxygen atoms in total. The van der Waals surface area contributed by atoms with E-state index in [0.29, 0.717) is 5.92 Å². The van der Waals surface area contributed by atoms with Gasteiger partial charge in [-0.25, -0.2) is 4.79 Å². The van der Waals surface area contributed by atoms with Crippen molar-refractivity contribution in [3.8, 4) is 0 Å². The number of urea groups is 1. The molecule has 3 rings (SSSR count). The highest BCUT2D eigenvalue weighted by Gasteiger charge is 2.28. The molecule has 2 heterocycles. The Balaban J connectivity index is 1.77. The number of nitrogens with one attached hydrogen (secondary N) is 1. The molecule has 0 radical (unpaired) electrons. The quantitative estimate of drug-likeness (QED) is 0.926. The van der Waals surface area contributed by atoms with Gasteiger partial charge in [-0.3, -0.25) is 0 Å². The van der Waals surface area contributed by atoms with Crippen LogP contribution in [-0.4, -0.2) is 29.4 Å². The number of ether oxygens (including phenoxy) is 1. The lowest BCUT2D eigenvalue weighted by molar-refractivity contribution is 0.0958. The van der Waals surface area contributed by atoms with Gasteiger partial charge in [-0.2, -0.15) is 4.99 Å². The number of amides is 2. The predicted octanol–water partition coefficient (Wildman–Crippen LogP) is 2.75. The fourth-order valence-electron chi connectivity index (χ4n) is 2.92. The highest BCUT2D eigenvalue weighted by molar-refractivity contribution is 7.09. The van der Waals surface area contributed by atoms with E-state index in [2.05, 4.69) is 35.6 Å². The molecule has 1 aliphatic carbocycles. The fraction of sp³-hybridized carbons (Fsp3) is 0.750. The molecular weight excluding hydrogens is 298 g/mol. The molecule has 2 fully saturated rings. The van der Waals surface area contributed by atoms with Gasteiger partial charge in [0.25, 0.3) is 0 Å². The second kappa shape index (κ2) is 6.54. The average Bonchev–Trinajstić information content (AvgIpc) is 3.15. The lowest BCUT2D eigenvalue weighted by atomic mass is 10.2. The van der Waals surface area contributed by atoms with E-state index >= 15 is 0 Å². The molecule has 0 spiro atoms. The van der Waals surface area contributed by atoms with Gasteiger partial charge in [0, 0.05) is 23.2 Å². The van der Waals surface area contributed by atoms with Crippen LogP contribution < -0.4 is 10.1 Å². The van der Waals surface area contributed by atoms with E-state index in [1.165, 1.54) is 23.4 Å². The van der Waals surface area contributed by atoms with Crippen LogP contribution >= 0.6 is 11.3 Å². The van der Waals surface area contributed by atoms with E-state index in [0.717, 1.165) is 30.8 Å². The van der Waals surface area contributed by atoms with E-state index in [1.807, 2.05) is 0 Å². The number of hydrogen-bond acceptors (Lipinski definition) is 3. The van der Waals surface area contributed by atoms with Crippen LogP contribution in [0.25, 0.3) is 0 Å². The molecule has 2 aliphatic rings. The van der Waals surface area contributed by atoms with Gasteiger partial charge >= 0.3 is 6.03 Å². The van der Waals surface area contributed by atoms with Crippen LogP contribution in [0.15, 0.2) is 4.99 Å². The number of aromatic nitrogens is 1. The maximum Gasteiger partial charge on any atom is 0.343 e. The third kappa shape index (κ3) is 3.60. The summed E-state index contributed by atoms with van der Waals surface area (Å²) in [5, 5.41) is 3.00. The second-order valence-corrected chi connectivity index (χ2v) is 7.64. The molecule has 1 aliphatic heterocycles. The van der Waals surface area contributed by atoms with Crippen molar-refractivity contribution in [1.29, 1.82) is 0 Å². The van der Waals surface area contributed by atoms with Gasteiger partial charge in [0.1, 0.15) is 0 Å². The molecule has 1 saturated carbocycles. The largest absolute Gasteiger partial charge is 0.376 e. The van der Waals surface area contributed by atoms with Gasteiger partial charge in [0.15, 0.2) is 4.80 Å². The van der Waals surface area contributed by atoms with Crippen molar-refractivity contribution in [3.63, 3.8) is 0 Å². The van der Waals surface area contributed by atoms with Crippen LogP contribution in [0.2, 0.25) is 0 Å². The van der Waals surface area contributed by atoms with Gasteiger partial charge in [-0.05, 0) is 52.4 Å². The maximum absolute atomic E-state index is 12.1. The molecule has 1 N–H and O–H groups in total. The highest BCUT2D eigenvalue weighted by Crippen LogP contribution is 2.32. The summed E-state index contributed by atoms with van der Waals surface area (Å²) in [4.78, 5) is 18.4. The van der Waals surface area contributed by atoms with E-state index in [9.17, 15) is 4.79 Å². The van der Waals surface area contributed by atoms with E-state index in [-0.39, 0.29) is 18.2 Å². The number of thiazole rings is 1. The number of carbonyl (C=O) groups is 1. The predicted molar refractivity (Wildman–Crippen MR) is 87.0 cm³/mol. The number of rotatable bonds is 4. The number of hydrogen-bond donors (Lipinski definition) is 1. The second-order valence-electron chi connectivity index (χ2n) is 6.46. The molecule has 122 valence electrons. The first kappa shape index (κ1) is 15.7. The van der Waals surface area contributed by atoms with E-state index < -0.39 is 0 Å². The summed E-state index contributed by atoms with van der Waals surface area (Å²) in [6.07, 6.45) is 4.90. The summed E-state index contributed by atoms with van der Waals surface area (Å²) in [5.74, 6) is 0.643. The Morgan fingerprint density at radius 1 is 1.45 bits per heavy atom. The molecule has 1 saturated heterocycles. The van der Waals surface area contributed by atoms with E-state index in [1.54, 1.807) is 11.3 Å². The Morgan fingerprint density at radius 2 is 2.23 bits per heavy atom. The third-order valence-corrected chi connectivity index (χ3v) is 5.77. The van der Waals surface area contributed by atoms with Crippen molar-refractivity contribution in [2.45, 2.75) is 65.1 Å². The molecule has 2 unspecified atom stereocenters. The molecule has 0 aromatic carbocycles. The summed E-state index contributed by atoms with van der Waals surface area (Å²) < 4.78 is 7.86. The Labute approximate surface area is 135 Å². The number of carbonyl (C=O) groups excluding carboxylic acids is 1. The Morgan fingerprint density at radius 3 is 2.86 bits per heavy atom. The Kier molecular flexibility index (Phi) is 4.68. The molecular formula is C16H25N3O2S. The third-order valence-electron chi connectivity index (χ3n) is 4.68. The SMILES string of the molecule is Cc1sc(=NC(=O)NC(C)C2CC2)n(CC2CCCO2)c1C. The van der Waals surface area contributed by atoms with Gasteiger partial charge in [0.05, 0.1) is 12.6 Å². The van der Waals surface area contributed by atoms with Crippen molar-refractivity contribution in [2.24, 2.45) is 10.9 Å². The van der Waals surface area contributed by atoms with Crippen LogP contribution in [0, 0.1) is 19.8 Å². The van der Waals surface area contributed by atoms with Crippen molar-refractivity contribution < 1.29 is 9.53 Å². The van der Waals surface area contributed by atoms with Crippen LogP contribution in [0.4, 0.5) is 4.79 Å². The van der Waals surface area contributed by atoms with Crippen molar-refractivity contribution in [2.75, 3.05) is 6.61 Å². The summed E-state index contributed by atoms with van der Waals surface area (Å²) in [5.41, 5.74) is 1.18. The summed E-state index contributed by atoms with van der Waals surface area (Å²) >= 11 is 1.58. The molecule has 1 aromatic heterocycles. The monoisotopic (exact) mass is 323 g/mol. The highest BCUT2D eigenvalue weighted by atomic mass is 32.1. The van der Waals surface area contributed by atoms with Gasteiger partial charge in [0.2, 0.25) is 0 Å². The van der Waals surface area contributed by atoms with Gasteiger partial charge in [-0.1, -0.05) is 0 Å². The standard InChI is InChI=1S/C16H25N3O2S/c1-10(13-6-7-13)17-15(20)18-16-19(11(2)12(3)22-16)9-14-5-4-8-21-14/h10,13-14H,4-9H2,1-3H3,(H,17,20). The summed E-state index contributed by atoms with van der Waals surface area (Å²) in [6, 6.07) is 0.00626. The fourth-order valence-corrected chi connectivity index (χ4v) is 3.90. The first-order valence-corrected chi connectivity index (χ1v) is 9.00. The Bertz CT molecular complexity index is 609.